The number of aryl methyl sites for hydroxylation is 1. The number of hydrogen-bond donors (Lipinski definition) is 1. The van der Waals surface area contributed by atoms with Crippen molar-refractivity contribution in [2.45, 2.75) is 46.4 Å². The van der Waals surface area contributed by atoms with E-state index in [1.54, 1.807) is 0 Å². The Labute approximate surface area is 189 Å². The van der Waals surface area contributed by atoms with Crippen molar-refractivity contribution in [2.75, 3.05) is 32.8 Å². The quantitative estimate of drug-likeness (QED) is 0.552. The Kier molecular flexibility index (Phi) is 8.90. The zero-order valence-electron chi connectivity index (χ0n) is 18.5. The molecule has 1 amide bonds. The van der Waals surface area contributed by atoms with Crippen molar-refractivity contribution in [2.24, 2.45) is 5.92 Å². The van der Waals surface area contributed by atoms with Gasteiger partial charge in [0.2, 0.25) is 11.8 Å². The molecule has 1 fully saturated rings. The fraction of sp³-hybridized carbons (Fsp3) is 0.565. The number of carbonyl (C=O) groups is 1. The summed E-state index contributed by atoms with van der Waals surface area (Å²) >= 11 is 5.97. The van der Waals surface area contributed by atoms with Crippen molar-refractivity contribution in [3.8, 4) is 11.5 Å². The molecule has 0 bridgehead atoms. The molecule has 1 aromatic heterocycles. The van der Waals surface area contributed by atoms with Crippen LogP contribution in [0.1, 0.15) is 38.1 Å². The van der Waals surface area contributed by atoms with Crippen LogP contribution in [0, 0.1) is 12.8 Å². The summed E-state index contributed by atoms with van der Waals surface area (Å²) in [6.45, 7) is 9.51. The van der Waals surface area contributed by atoms with Gasteiger partial charge in [-0.3, -0.25) is 9.69 Å². The lowest BCUT2D eigenvalue weighted by atomic mass is 9.97. The lowest BCUT2D eigenvalue weighted by Gasteiger charge is -2.31. The van der Waals surface area contributed by atoms with Gasteiger partial charge in [0.25, 0.3) is 0 Å². The predicted molar refractivity (Wildman–Crippen MR) is 120 cm³/mol. The maximum atomic E-state index is 12.7. The third-order valence-corrected chi connectivity index (χ3v) is 5.63. The molecule has 0 saturated carbocycles. The van der Waals surface area contributed by atoms with E-state index in [-0.39, 0.29) is 11.8 Å². The number of likely N-dealkylation sites (tertiary alicyclic amines) is 1. The fourth-order valence-corrected chi connectivity index (χ4v) is 3.91. The molecule has 170 valence electrons. The Hall–Kier alpha value is -1.93. The first kappa shape index (κ1) is 23.7. The van der Waals surface area contributed by atoms with E-state index < -0.39 is 6.29 Å². The third kappa shape index (κ3) is 6.77. The highest BCUT2D eigenvalue weighted by molar-refractivity contribution is 6.30. The monoisotopic (exact) mass is 449 g/mol. The minimum absolute atomic E-state index is 0.0489. The Morgan fingerprint density at radius 1 is 1.29 bits per heavy atom. The first-order valence-electron chi connectivity index (χ1n) is 11.0. The number of oxazole rings is 1. The van der Waals surface area contributed by atoms with Gasteiger partial charge in [-0.2, -0.15) is 0 Å². The van der Waals surface area contributed by atoms with Gasteiger partial charge in [-0.25, -0.2) is 4.98 Å². The molecule has 7 nitrogen and oxygen atoms in total. The van der Waals surface area contributed by atoms with E-state index in [2.05, 4.69) is 15.2 Å². The normalized spacial score (nSPS) is 17.3. The van der Waals surface area contributed by atoms with Crippen LogP contribution in [0.4, 0.5) is 0 Å². The highest BCUT2D eigenvalue weighted by atomic mass is 35.5. The van der Waals surface area contributed by atoms with Gasteiger partial charge in [-0.05, 0) is 64.4 Å². The summed E-state index contributed by atoms with van der Waals surface area (Å²) in [7, 11) is 0. The highest BCUT2D eigenvalue weighted by Crippen LogP contribution is 2.25. The van der Waals surface area contributed by atoms with Gasteiger partial charge in [0.1, 0.15) is 5.76 Å². The molecule has 0 aliphatic carbocycles. The molecular formula is C23H32ClN3O4. The van der Waals surface area contributed by atoms with Gasteiger partial charge in [0.05, 0.1) is 18.2 Å². The van der Waals surface area contributed by atoms with Gasteiger partial charge in [0.15, 0.2) is 6.29 Å². The lowest BCUT2D eigenvalue weighted by Crippen LogP contribution is -2.45. The minimum atomic E-state index is -0.400. The topological polar surface area (TPSA) is 76.8 Å². The van der Waals surface area contributed by atoms with Gasteiger partial charge in [-0.1, -0.05) is 11.6 Å². The number of carbonyl (C=O) groups excluding carboxylic acids is 1. The molecule has 0 radical (unpaired) electrons. The van der Waals surface area contributed by atoms with Crippen LogP contribution in [0.3, 0.4) is 0 Å². The van der Waals surface area contributed by atoms with Crippen LogP contribution in [0.25, 0.3) is 11.5 Å². The molecule has 0 unspecified atom stereocenters. The predicted octanol–water partition coefficient (Wildman–Crippen LogP) is 4.03. The molecule has 2 heterocycles. The highest BCUT2D eigenvalue weighted by Gasteiger charge is 2.27. The average Bonchev–Trinajstić information content (AvgIpc) is 3.13. The van der Waals surface area contributed by atoms with Crippen LogP contribution >= 0.6 is 11.6 Å². The lowest BCUT2D eigenvalue weighted by molar-refractivity contribution is -0.143. The van der Waals surface area contributed by atoms with Crippen molar-refractivity contribution in [1.29, 1.82) is 0 Å². The summed E-state index contributed by atoms with van der Waals surface area (Å²) in [5.74, 6) is 1.38. The van der Waals surface area contributed by atoms with Crippen LogP contribution in [0.15, 0.2) is 28.7 Å². The molecule has 1 atom stereocenters. The first-order chi connectivity index (χ1) is 15.0. The molecule has 1 saturated heterocycles. The van der Waals surface area contributed by atoms with Crippen LogP contribution in [-0.4, -0.2) is 54.9 Å². The Morgan fingerprint density at radius 3 is 2.68 bits per heavy atom. The second-order valence-electron chi connectivity index (χ2n) is 7.69. The number of nitrogens with one attached hydrogen (secondary N) is 1. The number of benzene rings is 1. The Balaban J connectivity index is 1.56. The SMILES string of the molecule is CCOC(CNC(=O)[C@H]1CCCN(Cc2nc(-c3ccc(Cl)cc3)oc2C)C1)OCC. The summed E-state index contributed by atoms with van der Waals surface area (Å²) in [6, 6.07) is 7.45. The second kappa shape index (κ2) is 11.6. The molecule has 31 heavy (non-hydrogen) atoms. The minimum Gasteiger partial charge on any atom is -0.441 e. The fourth-order valence-electron chi connectivity index (χ4n) is 3.78. The van der Waals surface area contributed by atoms with Gasteiger partial charge < -0.3 is 19.2 Å². The second-order valence-corrected chi connectivity index (χ2v) is 8.12. The molecular weight excluding hydrogens is 418 g/mol. The van der Waals surface area contributed by atoms with Crippen molar-refractivity contribution in [1.82, 2.24) is 15.2 Å². The smallest absolute Gasteiger partial charge is 0.226 e. The maximum Gasteiger partial charge on any atom is 0.226 e. The van der Waals surface area contributed by atoms with Crippen molar-refractivity contribution in [3.63, 3.8) is 0 Å². The number of piperidine rings is 1. The van der Waals surface area contributed by atoms with Crippen molar-refractivity contribution in [3.05, 3.63) is 40.7 Å². The first-order valence-corrected chi connectivity index (χ1v) is 11.3. The van der Waals surface area contributed by atoms with Crippen LogP contribution in [0.5, 0.6) is 0 Å². The largest absolute Gasteiger partial charge is 0.441 e. The Bertz CT molecular complexity index is 834. The summed E-state index contributed by atoms with van der Waals surface area (Å²) in [5, 5.41) is 3.67. The number of ether oxygens (including phenoxy) is 2. The van der Waals surface area contributed by atoms with Crippen LogP contribution in [-0.2, 0) is 20.8 Å². The van der Waals surface area contributed by atoms with Crippen molar-refractivity contribution >= 4 is 17.5 Å². The van der Waals surface area contributed by atoms with Gasteiger partial charge in [0, 0.05) is 36.9 Å². The molecule has 8 heteroatoms. The van der Waals surface area contributed by atoms with E-state index in [4.69, 9.17) is 25.5 Å². The summed E-state index contributed by atoms with van der Waals surface area (Å²) in [6.07, 6.45) is 1.45. The van der Waals surface area contributed by atoms with E-state index in [1.165, 1.54) is 0 Å². The molecule has 1 aliphatic heterocycles. The number of amides is 1. The molecule has 1 N–H and O–H groups in total. The zero-order chi connectivity index (χ0) is 22.2. The van der Waals surface area contributed by atoms with Crippen LogP contribution < -0.4 is 5.32 Å². The number of aromatic nitrogens is 1. The number of halogens is 1. The van der Waals surface area contributed by atoms with E-state index >= 15 is 0 Å². The van der Waals surface area contributed by atoms with Gasteiger partial charge in [-0.15, -0.1) is 0 Å². The van der Waals surface area contributed by atoms with E-state index in [1.807, 2.05) is 45.0 Å². The molecule has 3 rings (SSSR count). The van der Waals surface area contributed by atoms with Crippen LogP contribution in [0.2, 0.25) is 5.02 Å². The molecule has 1 aliphatic rings. The summed E-state index contributed by atoms with van der Waals surface area (Å²) < 4.78 is 16.9. The van der Waals surface area contributed by atoms with Crippen molar-refractivity contribution < 1.29 is 18.7 Å². The summed E-state index contributed by atoms with van der Waals surface area (Å²) in [5.41, 5.74) is 1.80. The molecule has 2 aromatic rings. The molecule has 1 aromatic carbocycles. The zero-order valence-corrected chi connectivity index (χ0v) is 19.3. The van der Waals surface area contributed by atoms with Gasteiger partial charge >= 0.3 is 0 Å². The van der Waals surface area contributed by atoms with E-state index in [9.17, 15) is 4.79 Å². The Morgan fingerprint density at radius 2 is 2.00 bits per heavy atom. The number of nitrogens with zero attached hydrogens (tertiary/aromatic N) is 2. The summed E-state index contributed by atoms with van der Waals surface area (Å²) in [4.78, 5) is 19.7. The number of hydrogen-bond acceptors (Lipinski definition) is 6. The third-order valence-electron chi connectivity index (χ3n) is 5.38. The van der Waals surface area contributed by atoms with E-state index in [0.29, 0.717) is 43.8 Å². The van der Waals surface area contributed by atoms with E-state index in [0.717, 1.165) is 36.4 Å². The maximum absolute atomic E-state index is 12.7. The standard InChI is InChI=1S/C23H32ClN3O4/c1-4-29-21(30-5-2)13-25-22(28)18-7-6-12-27(14-18)15-20-16(3)31-23(26-20)17-8-10-19(24)11-9-17/h8-11,18,21H,4-7,12-15H2,1-3H3,(H,25,28)/t18-/m0/s1. The average molecular weight is 450 g/mol. The number of rotatable bonds is 10. The molecule has 0 spiro atoms.